The number of pyridine rings is 1. The molecular weight excluding hydrogens is 1010 g/mol. The van der Waals surface area contributed by atoms with Gasteiger partial charge in [-0.25, -0.2) is 24.0 Å². The number of nitrogens with two attached hydrogens (primary N) is 2. The number of aromatic nitrogens is 1. The molecule has 416 valence electrons. The van der Waals surface area contributed by atoms with E-state index in [-0.39, 0.29) is 104 Å². The molecule has 22 nitrogen and oxygen atoms in total. The zero-order valence-electron chi connectivity index (χ0n) is 44.5. The van der Waals surface area contributed by atoms with Crippen molar-refractivity contribution in [2.24, 2.45) is 22.4 Å². The van der Waals surface area contributed by atoms with Gasteiger partial charge in [0.05, 0.1) is 11.3 Å². The lowest BCUT2D eigenvalue weighted by atomic mass is 10.0. The minimum atomic E-state index is -1.08. The summed E-state index contributed by atoms with van der Waals surface area (Å²) in [5, 5.41) is 13.4. The number of hydrogen-bond acceptors (Lipinski definition) is 13. The zero-order chi connectivity index (χ0) is 56.5. The zero-order valence-corrected chi connectivity index (χ0v) is 44.5. The first-order valence-corrected chi connectivity index (χ1v) is 26.3. The number of fused-ring (bicyclic) bond motifs is 2. The molecule has 2 atom stereocenters. The van der Waals surface area contributed by atoms with E-state index in [9.17, 15) is 43.2 Å². The van der Waals surface area contributed by atoms with Crippen LogP contribution >= 0.6 is 0 Å². The summed E-state index contributed by atoms with van der Waals surface area (Å²) < 4.78 is 21.3. The second-order valence-electron chi connectivity index (χ2n) is 19.6. The van der Waals surface area contributed by atoms with E-state index in [4.69, 9.17) is 16.2 Å². The average molecular weight is 1080 g/mol. The van der Waals surface area contributed by atoms with Crippen molar-refractivity contribution in [3.05, 3.63) is 100 Å². The van der Waals surface area contributed by atoms with Gasteiger partial charge in [0.1, 0.15) is 36.2 Å². The fraction of sp³-hybridized carbons (Fsp3) is 0.436. The summed E-state index contributed by atoms with van der Waals surface area (Å²) in [7, 11) is 0. The molecule has 10 amide bonds. The maximum absolute atomic E-state index is 15.6. The van der Waals surface area contributed by atoms with Gasteiger partial charge in [-0.15, -0.1) is 0 Å². The number of anilines is 2. The molecule has 0 saturated heterocycles. The van der Waals surface area contributed by atoms with Crippen LogP contribution in [0.3, 0.4) is 0 Å². The SMILES string of the molecule is CCCN(CCC)C(=O)C1=Cc2cc(F)c(C(=O)Nc3cc4c(cn3)CCN(C(=O)OCc3ccc(NC(=O)[C@H](CCCNC(N)=O)NC(=O)[C@@H](NC(=O)CCCCCN5C(=O)C=CC5=O)C(C)C)cc3)C4)cc2N=C(N)C1. The molecule has 0 radical (unpaired) electrons. The number of nitrogens with zero attached hydrogens (tertiary/aromatic N) is 5. The highest BCUT2D eigenvalue weighted by Gasteiger charge is 2.30. The predicted octanol–water partition coefficient (Wildman–Crippen LogP) is 5.09. The highest BCUT2D eigenvalue weighted by atomic mass is 19.1. The minimum Gasteiger partial charge on any atom is -0.445 e. The summed E-state index contributed by atoms with van der Waals surface area (Å²) in [5.41, 5.74) is 14.6. The van der Waals surface area contributed by atoms with Gasteiger partial charge < -0.3 is 52.6 Å². The first-order chi connectivity index (χ1) is 37.3. The van der Waals surface area contributed by atoms with Crippen LogP contribution in [0.2, 0.25) is 0 Å². The van der Waals surface area contributed by atoms with Crippen LogP contribution in [0.5, 0.6) is 0 Å². The lowest BCUT2D eigenvalue weighted by molar-refractivity contribution is -0.137. The third-order valence-corrected chi connectivity index (χ3v) is 13.1. The van der Waals surface area contributed by atoms with E-state index in [2.05, 4.69) is 36.6 Å². The second-order valence-corrected chi connectivity index (χ2v) is 19.6. The Bertz CT molecular complexity index is 2830. The number of unbranched alkanes of at least 4 members (excludes halogenated alkanes) is 2. The molecule has 23 heteroatoms. The van der Waals surface area contributed by atoms with Crippen molar-refractivity contribution in [1.82, 2.24) is 35.6 Å². The van der Waals surface area contributed by atoms with Crippen LogP contribution in [0.15, 0.2) is 71.4 Å². The molecule has 6 rings (SSSR count). The number of amides is 10. The summed E-state index contributed by atoms with van der Waals surface area (Å²) in [6.07, 6.45) is 9.10. The van der Waals surface area contributed by atoms with Crippen LogP contribution in [0.25, 0.3) is 6.08 Å². The summed E-state index contributed by atoms with van der Waals surface area (Å²) in [6.45, 7) is 9.34. The summed E-state index contributed by atoms with van der Waals surface area (Å²) in [6, 6.07) is 7.79. The number of ether oxygens (including phenoxy) is 1. The predicted molar refractivity (Wildman–Crippen MR) is 289 cm³/mol. The van der Waals surface area contributed by atoms with E-state index in [1.807, 2.05) is 13.8 Å². The second kappa shape index (κ2) is 28.0. The number of carbonyl (C=O) groups is 9. The van der Waals surface area contributed by atoms with Crippen LogP contribution in [0, 0.1) is 11.7 Å². The number of primary amides is 1. The van der Waals surface area contributed by atoms with Gasteiger partial charge in [-0.2, -0.15) is 0 Å². The van der Waals surface area contributed by atoms with E-state index in [0.717, 1.165) is 29.4 Å². The third-order valence-electron chi connectivity index (χ3n) is 13.1. The van der Waals surface area contributed by atoms with E-state index >= 15 is 4.39 Å². The van der Waals surface area contributed by atoms with Crippen LogP contribution < -0.4 is 38.1 Å². The van der Waals surface area contributed by atoms with Crippen LogP contribution in [0.4, 0.5) is 31.2 Å². The Morgan fingerprint density at radius 1 is 0.872 bits per heavy atom. The number of halogens is 1. The standard InChI is InChI=1S/C55H69FN12O10/c1-5-21-66(22-6-2)53(75)37-25-36-26-41(56)40(29-43(36)62-44(57)27-37)50(72)64-45-28-38-31-67(24-19-35(38)30-60-45)55(77)78-32-34-13-15-39(16-14-34)61-51(73)42(11-10-20-59-54(58)76)63-52(74)49(33(3)4)65-46(69)12-8-7-9-23-68-47(70)17-18-48(68)71/h13-18,25-26,28-30,33,42,49H,5-12,19-24,27,31-32H2,1-4H3,(H2,57,62)(H,61,73)(H,63,74)(H,65,69)(H3,58,59,76)(H,60,64,72)/t42-,49-/m0/s1. The first-order valence-electron chi connectivity index (χ1n) is 26.3. The number of benzene rings is 2. The number of imide groups is 1. The highest BCUT2D eigenvalue weighted by molar-refractivity contribution is 6.13. The molecule has 3 aliphatic heterocycles. The number of amidine groups is 1. The molecule has 3 aromatic rings. The van der Waals surface area contributed by atoms with E-state index in [1.54, 1.807) is 61.4 Å². The molecule has 2 aromatic carbocycles. The van der Waals surface area contributed by atoms with Crippen LogP contribution in [-0.2, 0) is 53.1 Å². The normalized spacial score (nSPS) is 14.5. The molecule has 0 unspecified atom stereocenters. The quantitative estimate of drug-likeness (QED) is 0.0431. The molecular formula is C55H69FN12O10. The monoisotopic (exact) mass is 1080 g/mol. The van der Waals surface area contributed by atoms with Crippen molar-refractivity contribution in [1.29, 1.82) is 0 Å². The Balaban J connectivity index is 1.00. The van der Waals surface area contributed by atoms with Gasteiger partial charge >= 0.3 is 12.1 Å². The minimum absolute atomic E-state index is 0.0695. The molecule has 0 fully saturated rings. The van der Waals surface area contributed by atoms with Crippen molar-refractivity contribution in [3.8, 4) is 0 Å². The highest BCUT2D eigenvalue weighted by Crippen LogP contribution is 2.31. The van der Waals surface area contributed by atoms with Gasteiger partial charge in [0.25, 0.3) is 17.7 Å². The van der Waals surface area contributed by atoms with Crippen molar-refractivity contribution in [2.75, 3.05) is 43.4 Å². The summed E-state index contributed by atoms with van der Waals surface area (Å²) in [4.78, 5) is 128. The van der Waals surface area contributed by atoms with Crippen LogP contribution in [0.1, 0.15) is 118 Å². The number of hydrogen-bond donors (Lipinski definition) is 7. The Morgan fingerprint density at radius 3 is 2.27 bits per heavy atom. The van der Waals surface area contributed by atoms with Gasteiger partial charge in [0, 0.05) is 87.3 Å². The fourth-order valence-electron chi connectivity index (χ4n) is 8.99. The maximum atomic E-state index is 15.6. The number of urea groups is 1. The number of aliphatic imine (C=N–C) groups is 1. The molecule has 9 N–H and O–H groups in total. The van der Waals surface area contributed by atoms with Gasteiger partial charge in [-0.3, -0.25) is 38.5 Å². The largest absolute Gasteiger partial charge is 0.445 e. The van der Waals surface area contributed by atoms with Crippen molar-refractivity contribution >= 4 is 82.6 Å². The molecule has 0 saturated carbocycles. The molecule has 0 bridgehead atoms. The maximum Gasteiger partial charge on any atom is 0.410 e. The first kappa shape index (κ1) is 58.8. The van der Waals surface area contributed by atoms with Crippen LogP contribution in [-0.4, -0.2) is 124 Å². The number of rotatable bonds is 25. The molecule has 4 heterocycles. The average Bonchev–Trinajstić information content (AvgIpc) is 3.63. The molecule has 0 spiro atoms. The molecule has 3 aliphatic rings. The Kier molecular flexibility index (Phi) is 21.1. The lowest BCUT2D eigenvalue weighted by Crippen LogP contribution is -2.54. The van der Waals surface area contributed by atoms with Gasteiger partial charge in [-0.05, 0) is 104 Å². The van der Waals surface area contributed by atoms with Gasteiger partial charge in [0.15, 0.2) is 0 Å². The topological polar surface area (TPSA) is 310 Å². The number of carbonyl (C=O) groups excluding carboxylic acids is 9. The third kappa shape index (κ3) is 16.5. The Labute approximate surface area is 452 Å². The Hall–Kier alpha value is -8.50. The van der Waals surface area contributed by atoms with Crippen molar-refractivity contribution in [2.45, 2.75) is 117 Å². The molecule has 1 aromatic heterocycles. The number of nitrogens with one attached hydrogen (secondary N) is 5. The fourth-order valence-corrected chi connectivity index (χ4v) is 8.99. The lowest BCUT2D eigenvalue weighted by Gasteiger charge is -2.28. The van der Waals surface area contributed by atoms with E-state index in [1.165, 1.54) is 23.1 Å². The van der Waals surface area contributed by atoms with E-state index < -0.39 is 47.7 Å². The summed E-state index contributed by atoms with van der Waals surface area (Å²) >= 11 is 0. The van der Waals surface area contributed by atoms with Gasteiger partial charge in [0.2, 0.25) is 23.6 Å². The summed E-state index contributed by atoms with van der Waals surface area (Å²) in [5.74, 6) is -4.15. The smallest absolute Gasteiger partial charge is 0.410 e. The Morgan fingerprint density at radius 2 is 1.59 bits per heavy atom. The van der Waals surface area contributed by atoms with Crippen molar-refractivity contribution in [3.63, 3.8) is 0 Å². The van der Waals surface area contributed by atoms with E-state index in [0.29, 0.717) is 73.3 Å². The molecule has 0 aliphatic carbocycles. The van der Waals surface area contributed by atoms with Crippen molar-refractivity contribution < 1.29 is 52.3 Å². The molecule has 78 heavy (non-hydrogen) atoms. The van der Waals surface area contributed by atoms with Gasteiger partial charge in [-0.1, -0.05) is 46.2 Å².